The summed E-state index contributed by atoms with van der Waals surface area (Å²) in [4.78, 5) is 11.9. The van der Waals surface area contributed by atoms with Crippen LogP contribution in [0.3, 0.4) is 0 Å². The molecule has 5 nitrogen and oxygen atoms in total. The fourth-order valence-electron chi connectivity index (χ4n) is 2.26. The summed E-state index contributed by atoms with van der Waals surface area (Å²) in [7, 11) is 1.51. The topological polar surface area (TPSA) is 68.5 Å². The molecular formula is C20H18ClNO4. The molecule has 0 aromatic heterocycles. The van der Waals surface area contributed by atoms with Gasteiger partial charge in [0.05, 0.1) is 30.4 Å². The molecule has 2 aromatic rings. The molecule has 2 rings (SSSR count). The van der Waals surface area contributed by atoms with Crippen molar-refractivity contribution in [1.82, 2.24) is 0 Å². The SMILES string of the molecule is CCOc1cc(/C=C/C(=O)OCc2ccccc2C#N)cc(Cl)c1OC. The normalized spacial score (nSPS) is 10.4. The van der Waals surface area contributed by atoms with E-state index in [9.17, 15) is 4.79 Å². The van der Waals surface area contributed by atoms with Crippen LogP contribution in [0.1, 0.15) is 23.6 Å². The summed E-state index contributed by atoms with van der Waals surface area (Å²) in [5.41, 5.74) is 1.81. The Labute approximate surface area is 157 Å². The number of halogens is 1. The molecule has 0 radical (unpaired) electrons. The lowest BCUT2D eigenvalue weighted by molar-refractivity contribution is -0.138. The van der Waals surface area contributed by atoms with Crippen LogP contribution in [-0.2, 0) is 16.1 Å². The Morgan fingerprint density at radius 2 is 2.08 bits per heavy atom. The van der Waals surface area contributed by atoms with Crippen molar-refractivity contribution in [2.75, 3.05) is 13.7 Å². The summed E-state index contributed by atoms with van der Waals surface area (Å²) in [5, 5.41) is 9.42. The van der Waals surface area contributed by atoms with Crippen LogP contribution in [-0.4, -0.2) is 19.7 Å². The number of ether oxygens (including phenoxy) is 3. The summed E-state index contributed by atoms with van der Waals surface area (Å²) >= 11 is 6.17. The summed E-state index contributed by atoms with van der Waals surface area (Å²) in [6, 6.07) is 12.4. The van der Waals surface area contributed by atoms with Crippen LogP contribution in [0.2, 0.25) is 5.02 Å². The predicted molar refractivity (Wildman–Crippen MR) is 99.2 cm³/mol. The minimum atomic E-state index is -0.525. The van der Waals surface area contributed by atoms with E-state index >= 15 is 0 Å². The quantitative estimate of drug-likeness (QED) is 0.533. The van der Waals surface area contributed by atoms with Crippen LogP contribution < -0.4 is 9.47 Å². The fraction of sp³-hybridized carbons (Fsp3) is 0.200. The van der Waals surface area contributed by atoms with E-state index in [1.54, 1.807) is 42.5 Å². The van der Waals surface area contributed by atoms with Gasteiger partial charge < -0.3 is 14.2 Å². The molecule has 0 aliphatic heterocycles. The van der Waals surface area contributed by atoms with Crippen molar-refractivity contribution < 1.29 is 19.0 Å². The first-order chi connectivity index (χ1) is 12.6. The zero-order chi connectivity index (χ0) is 18.9. The third-order valence-corrected chi connectivity index (χ3v) is 3.74. The molecule has 0 N–H and O–H groups in total. The minimum Gasteiger partial charge on any atom is -0.491 e. The van der Waals surface area contributed by atoms with Crippen molar-refractivity contribution in [2.45, 2.75) is 13.5 Å². The number of nitriles is 1. The number of esters is 1. The van der Waals surface area contributed by atoms with Gasteiger partial charge in [0.2, 0.25) is 0 Å². The van der Waals surface area contributed by atoms with Crippen molar-refractivity contribution in [3.63, 3.8) is 0 Å². The lowest BCUT2D eigenvalue weighted by Gasteiger charge is -2.11. The molecule has 0 saturated heterocycles. The van der Waals surface area contributed by atoms with E-state index in [0.29, 0.717) is 39.8 Å². The Morgan fingerprint density at radius 3 is 2.77 bits per heavy atom. The van der Waals surface area contributed by atoms with Gasteiger partial charge in [0.25, 0.3) is 0 Å². The third-order valence-electron chi connectivity index (χ3n) is 3.46. The van der Waals surface area contributed by atoms with Gasteiger partial charge >= 0.3 is 5.97 Å². The van der Waals surface area contributed by atoms with Crippen LogP contribution in [0, 0.1) is 11.3 Å². The Kier molecular flexibility index (Phi) is 7.07. The van der Waals surface area contributed by atoms with Crippen LogP contribution in [0.25, 0.3) is 6.08 Å². The van der Waals surface area contributed by atoms with Crippen molar-refractivity contribution in [2.24, 2.45) is 0 Å². The standard InChI is InChI=1S/C20H18ClNO4/c1-3-25-18-11-14(10-17(21)20(18)24-2)8-9-19(23)26-13-16-7-5-4-6-15(16)12-22/h4-11H,3,13H2,1-2H3/b9-8+. The Hall–Kier alpha value is -2.97. The second-order valence-corrected chi connectivity index (χ2v) is 5.58. The van der Waals surface area contributed by atoms with Crippen molar-refractivity contribution in [1.29, 1.82) is 5.26 Å². The van der Waals surface area contributed by atoms with Gasteiger partial charge in [-0.3, -0.25) is 0 Å². The van der Waals surface area contributed by atoms with E-state index in [1.165, 1.54) is 13.2 Å². The molecule has 0 aliphatic rings. The lowest BCUT2D eigenvalue weighted by Crippen LogP contribution is -2.02. The van der Waals surface area contributed by atoms with E-state index in [-0.39, 0.29) is 6.61 Å². The first-order valence-corrected chi connectivity index (χ1v) is 8.30. The summed E-state index contributed by atoms with van der Waals surface area (Å²) in [6.07, 6.45) is 2.87. The zero-order valence-electron chi connectivity index (χ0n) is 14.5. The van der Waals surface area contributed by atoms with E-state index < -0.39 is 5.97 Å². The van der Waals surface area contributed by atoms with Crippen LogP contribution in [0.15, 0.2) is 42.5 Å². The zero-order valence-corrected chi connectivity index (χ0v) is 15.2. The maximum absolute atomic E-state index is 11.9. The molecule has 6 heteroatoms. The molecule has 26 heavy (non-hydrogen) atoms. The molecule has 0 amide bonds. The molecule has 0 fully saturated rings. The number of hydrogen-bond donors (Lipinski definition) is 0. The molecule has 134 valence electrons. The smallest absolute Gasteiger partial charge is 0.331 e. The minimum absolute atomic E-state index is 0.0282. The second kappa shape index (κ2) is 9.50. The van der Waals surface area contributed by atoms with E-state index in [2.05, 4.69) is 6.07 Å². The number of methoxy groups -OCH3 is 1. The monoisotopic (exact) mass is 371 g/mol. The highest BCUT2D eigenvalue weighted by Gasteiger charge is 2.11. The van der Waals surface area contributed by atoms with Gasteiger partial charge in [0.15, 0.2) is 11.5 Å². The number of carbonyl (C=O) groups is 1. The second-order valence-electron chi connectivity index (χ2n) is 5.18. The first kappa shape index (κ1) is 19.4. The highest BCUT2D eigenvalue weighted by Crippen LogP contribution is 2.36. The van der Waals surface area contributed by atoms with E-state index in [4.69, 9.17) is 31.1 Å². The highest BCUT2D eigenvalue weighted by molar-refractivity contribution is 6.32. The average molecular weight is 372 g/mol. The van der Waals surface area contributed by atoms with Gasteiger partial charge in [0.1, 0.15) is 6.61 Å². The van der Waals surface area contributed by atoms with E-state index in [0.717, 1.165) is 0 Å². The van der Waals surface area contributed by atoms with Gasteiger partial charge in [-0.05, 0) is 36.8 Å². The predicted octanol–water partition coefficient (Wildman–Crippen LogP) is 4.38. The molecule has 0 bridgehead atoms. The summed E-state index contributed by atoms with van der Waals surface area (Å²) < 4.78 is 15.9. The molecule has 0 aliphatic carbocycles. The van der Waals surface area contributed by atoms with Gasteiger partial charge in [-0.25, -0.2) is 4.79 Å². The van der Waals surface area contributed by atoms with Gasteiger partial charge in [-0.2, -0.15) is 5.26 Å². The molecule has 0 saturated carbocycles. The summed E-state index contributed by atoms with van der Waals surface area (Å²) in [6.45, 7) is 2.34. The Balaban J connectivity index is 2.07. The highest BCUT2D eigenvalue weighted by atomic mass is 35.5. The van der Waals surface area contributed by atoms with Crippen molar-refractivity contribution in [3.05, 3.63) is 64.2 Å². The van der Waals surface area contributed by atoms with Crippen molar-refractivity contribution in [3.8, 4) is 17.6 Å². The third kappa shape index (κ3) is 5.01. The first-order valence-electron chi connectivity index (χ1n) is 7.92. The molecular weight excluding hydrogens is 354 g/mol. The fourth-order valence-corrected chi connectivity index (χ4v) is 2.56. The van der Waals surface area contributed by atoms with Gasteiger partial charge in [-0.1, -0.05) is 29.8 Å². The largest absolute Gasteiger partial charge is 0.491 e. The Bertz CT molecular complexity index is 855. The molecule has 2 aromatic carbocycles. The Morgan fingerprint density at radius 1 is 1.31 bits per heavy atom. The number of hydrogen-bond acceptors (Lipinski definition) is 5. The number of nitrogens with zero attached hydrogens (tertiary/aromatic N) is 1. The van der Waals surface area contributed by atoms with E-state index in [1.807, 2.05) is 6.92 Å². The average Bonchev–Trinajstić information content (AvgIpc) is 2.65. The van der Waals surface area contributed by atoms with Gasteiger partial charge in [0, 0.05) is 11.6 Å². The number of benzene rings is 2. The van der Waals surface area contributed by atoms with Crippen molar-refractivity contribution >= 4 is 23.6 Å². The molecule has 0 heterocycles. The molecule has 0 spiro atoms. The van der Waals surface area contributed by atoms with Crippen LogP contribution in [0.4, 0.5) is 0 Å². The number of carbonyl (C=O) groups excluding carboxylic acids is 1. The number of rotatable bonds is 7. The maximum atomic E-state index is 11.9. The molecule has 0 atom stereocenters. The molecule has 0 unspecified atom stereocenters. The van der Waals surface area contributed by atoms with Gasteiger partial charge in [-0.15, -0.1) is 0 Å². The lowest BCUT2D eigenvalue weighted by atomic mass is 10.1. The van der Waals surface area contributed by atoms with Crippen LogP contribution >= 0.6 is 11.6 Å². The maximum Gasteiger partial charge on any atom is 0.331 e. The summed E-state index contributed by atoms with van der Waals surface area (Å²) in [5.74, 6) is 0.419. The van der Waals surface area contributed by atoms with Crippen LogP contribution in [0.5, 0.6) is 11.5 Å².